The van der Waals surface area contributed by atoms with Crippen molar-refractivity contribution in [3.05, 3.63) is 24.0 Å². The van der Waals surface area contributed by atoms with E-state index in [2.05, 4.69) is 16.0 Å². The molecular weight excluding hydrogens is 268 g/mol. The van der Waals surface area contributed by atoms with E-state index in [-0.39, 0.29) is 18.0 Å². The van der Waals surface area contributed by atoms with Crippen LogP contribution in [0.4, 0.5) is 4.79 Å². The van der Waals surface area contributed by atoms with E-state index in [1.165, 1.54) is 15.5 Å². The topological polar surface area (TPSA) is 58.8 Å². The number of quaternary nitrogens is 1. The van der Waals surface area contributed by atoms with Gasteiger partial charge < -0.3 is 14.8 Å². The van der Waals surface area contributed by atoms with Gasteiger partial charge in [-0.3, -0.25) is 9.69 Å². The number of carbonyl (C=O) groups is 2. The van der Waals surface area contributed by atoms with Crippen LogP contribution < -0.4 is 10.2 Å². The van der Waals surface area contributed by atoms with E-state index in [1.54, 1.807) is 0 Å². The molecule has 0 spiro atoms. The number of nitrogens with one attached hydrogen (secondary N) is 2. The Hall–Kier alpha value is -1.82. The summed E-state index contributed by atoms with van der Waals surface area (Å²) in [5.41, 5.74) is 1.27. The molecule has 2 aliphatic heterocycles. The molecule has 0 radical (unpaired) electrons. The Morgan fingerprint density at radius 2 is 2.33 bits per heavy atom. The summed E-state index contributed by atoms with van der Waals surface area (Å²) in [6, 6.07) is 4.09. The van der Waals surface area contributed by atoms with Gasteiger partial charge in [0, 0.05) is 39.2 Å². The molecular formula is C15H23N4O2+. The van der Waals surface area contributed by atoms with E-state index in [9.17, 15) is 9.59 Å². The summed E-state index contributed by atoms with van der Waals surface area (Å²) in [5.74, 6) is -0.0545. The van der Waals surface area contributed by atoms with Crippen LogP contribution in [0.25, 0.3) is 0 Å². The number of nitrogens with zero attached hydrogens (tertiary/aromatic N) is 2. The molecule has 3 heterocycles. The smallest absolute Gasteiger partial charge is 0.324 e. The van der Waals surface area contributed by atoms with E-state index in [0.717, 1.165) is 19.4 Å². The minimum atomic E-state index is -0.249. The number of urea groups is 1. The van der Waals surface area contributed by atoms with Crippen LogP contribution in [0.1, 0.15) is 31.5 Å². The fourth-order valence-electron chi connectivity index (χ4n) is 3.64. The number of amides is 3. The first-order valence-corrected chi connectivity index (χ1v) is 7.65. The third-order valence-corrected chi connectivity index (χ3v) is 4.80. The van der Waals surface area contributed by atoms with E-state index in [0.29, 0.717) is 19.1 Å². The van der Waals surface area contributed by atoms with Crippen molar-refractivity contribution < 1.29 is 14.5 Å². The fourth-order valence-corrected chi connectivity index (χ4v) is 3.64. The number of hydrogen-bond acceptors (Lipinski definition) is 2. The molecule has 1 aromatic rings. The number of likely N-dealkylation sites (tertiary alicyclic amines) is 1. The number of rotatable bonds is 3. The molecule has 0 bridgehead atoms. The summed E-state index contributed by atoms with van der Waals surface area (Å²) in [5, 5.41) is 2.70. The molecule has 2 N–H and O–H groups in total. The zero-order valence-corrected chi connectivity index (χ0v) is 12.6. The van der Waals surface area contributed by atoms with Crippen molar-refractivity contribution in [2.75, 3.05) is 19.6 Å². The number of aryl methyl sites for hydroxylation is 1. The van der Waals surface area contributed by atoms with Gasteiger partial charge in [-0.1, -0.05) is 0 Å². The van der Waals surface area contributed by atoms with Crippen molar-refractivity contribution in [2.24, 2.45) is 7.05 Å². The lowest BCUT2D eigenvalue weighted by molar-refractivity contribution is -0.932. The molecule has 3 atom stereocenters. The lowest BCUT2D eigenvalue weighted by Crippen LogP contribution is -3.15. The molecule has 21 heavy (non-hydrogen) atoms. The van der Waals surface area contributed by atoms with Crippen LogP contribution in [0, 0.1) is 0 Å². The second-order valence-electron chi connectivity index (χ2n) is 6.01. The average molecular weight is 291 g/mol. The first kappa shape index (κ1) is 14.1. The standard InChI is InChI=1S/C15H22N4O2/c1-11(14(20)19-10-7-16-15(19)21)18-9-4-6-13(18)12-5-3-8-17(12)2/h3,5,8,11,13H,4,6-7,9-10H2,1-2H3,(H,16,21)/p+1/t11-,13-/m1/s1. The highest BCUT2D eigenvalue weighted by Gasteiger charge is 2.41. The summed E-state index contributed by atoms with van der Waals surface area (Å²) >= 11 is 0. The Labute approximate surface area is 124 Å². The lowest BCUT2D eigenvalue weighted by Gasteiger charge is -2.28. The normalized spacial score (nSPS) is 27.0. The molecule has 0 aliphatic carbocycles. The molecule has 2 saturated heterocycles. The summed E-state index contributed by atoms with van der Waals surface area (Å²) < 4.78 is 2.13. The molecule has 6 heteroatoms. The largest absolute Gasteiger partial charge is 0.350 e. The Balaban J connectivity index is 1.77. The predicted octanol–water partition coefficient (Wildman–Crippen LogP) is -0.315. The fraction of sp³-hybridized carbons (Fsp3) is 0.600. The molecule has 1 unspecified atom stereocenters. The highest BCUT2D eigenvalue weighted by atomic mass is 16.2. The lowest BCUT2D eigenvalue weighted by atomic mass is 10.1. The first-order valence-electron chi connectivity index (χ1n) is 7.65. The highest BCUT2D eigenvalue weighted by Crippen LogP contribution is 2.20. The Morgan fingerprint density at radius 1 is 1.52 bits per heavy atom. The van der Waals surface area contributed by atoms with Gasteiger partial charge in [0.15, 0.2) is 6.04 Å². The molecule has 114 valence electrons. The minimum Gasteiger partial charge on any atom is -0.350 e. The summed E-state index contributed by atoms with van der Waals surface area (Å²) in [6.07, 6.45) is 4.26. The molecule has 3 amide bonds. The van der Waals surface area contributed by atoms with Gasteiger partial charge in [-0.05, 0) is 19.1 Å². The average Bonchev–Trinajstić information content (AvgIpc) is 3.17. The molecule has 2 aliphatic rings. The van der Waals surface area contributed by atoms with Crippen molar-refractivity contribution in [3.63, 3.8) is 0 Å². The number of aromatic nitrogens is 1. The third kappa shape index (κ3) is 2.44. The Kier molecular flexibility index (Phi) is 3.71. The van der Waals surface area contributed by atoms with Crippen molar-refractivity contribution in [1.82, 2.24) is 14.8 Å². The van der Waals surface area contributed by atoms with Gasteiger partial charge in [0.1, 0.15) is 6.04 Å². The van der Waals surface area contributed by atoms with Crippen LogP contribution in [0.2, 0.25) is 0 Å². The van der Waals surface area contributed by atoms with Gasteiger partial charge in [-0.15, -0.1) is 0 Å². The monoisotopic (exact) mass is 291 g/mol. The van der Waals surface area contributed by atoms with Gasteiger partial charge in [0.2, 0.25) is 0 Å². The number of imide groups is 1. The van der Waals surface area contributed by atoms with Crippen molar-refractivity contribution >= 4 is 11.9 Å². The summed E-state index contributed by atoms with van der Waals surface area (Å²) in [4.78, 5) is 26.9. The maximum Gasteiger partial charge on any atom is 0.324 e. The molecule has 3 rings (SSSR count). The van der Waals surface area contributed by atoms with E-state index < -0.39 is 0 Å². The Morgan fingerprint density at radius 3 is 2.95 bits per heavy atom. The van der Waals surface area contributed by atoms with E-state index >= 15 is 0 Å². The van der Waals surface area contributed by atoms with Crippen LogP contribution in [-0.2, 0) is 11.8 Å². The maximum atomic E-state index is 12.6. The minimum absolute atomic E-state index is 0.0545. The van der Waals surface area contributed by atoms with Gasteiger partial charge in [0.05, 0.1) is 12.2 Å². The SMILES string of the molecule is C[C@H](C(=O)N1CCNC1=O)[NH+]1CCC[C@@H]1c1cccn1C. The third-order valence-electron chi connectivity index (χ3n) is 4.80. The maximum absolute atomic E-state index is 12.6. The van der Waals surface area contributed by atoms with Gasteiger partial charge in [-0.25, -0.2) is 4.79 Å². The predicted molar refractivity (Wildman–Crippen MR) is 77.8 cm³/mol. The van der Waals surface area contributed by atoms with Crippen molar-refractivity contribution in [1.29, 1.82) is 0 Å². The number of carbonyl (C=O) groups excluding carboxylic acids is 2. The molecule has 6 nitrogen and oxygen atoms in total. The van der Waals surface area contributed by atoms with Crippen LogP contribution in [0.15, 0.2) is 18.3 Å². The van der Waals surface area contributed by atoms with Crippen LogP contribution in [-0.4, -0.2) is 47.1 Å². The second kappa shape index (κ2) is 5.52. The first-order chi connectivity index (χ1) is 10.1. The van der Waals surface area contributed by atoms with E-state index in [4.69, 9.17) is 0 Å². The summed E-state index contributed by atoms with van der Waals surface area (Å²) in [7, 11) is 2.05. The quantitative estimate of drug-likeness (QED) is 0.802. The second-order valence-corrected chi connectivity index (χ2v) is 6.01. The Bertz CT molecular complexity index is 554. The molecule has 0 saturated carbocycles. The zero-order chi connectivity index (χ0) is 15.0. The van der Waals surface area contributed by atoms with E-state index in [1.807, 2.05) is 26.2 Å². The van der Waals surface area contributed by atoms with Crippen LogP contribution in [0.3, 0.4) is 0 Å². The van der Waals surface area contributed by atoms with Crippen LogP contribution in [0.5, 0.6) is 0 Å². The highest BCUT2D eigenvalue weighted by molar-refractivity contribution is 5.97. The molecule has 0 aromatic carbocycles. The van der Waals surface area contributed by atoms with Gasteiger partial charge in [-0.2, -0.15) is 0 Å². The van der Waals surface area contributed by atoms with Crippen LogP contribution >= 0.6 is 0 Å². The zero-order valence-electron chi connectivity index (χ0n) is 12.6. The van der Waals surface area contributed by atoms with Gasteiger partial charge in [0.25, 0.3) is 5.91 Å². The van der Waals surface area contributed by atoms with Gasteiger partial charge >= 0.3 is 6.03 Å². The van der Waals surface area contributed by atoms with Crippen molar-refractivity contribution in [3.8, 4) is 0 Å². The molecule has 1 aromatic heterocycles. The van der Waals surface area contributed by atoms with Crippen molar-refractivity contribution in [2.45, 2.75) is 31.8 Å². The number of hydrogen-bond donors (Lipinski definition) is 2. The molecule has 2 fully saturated rings. The summed E-state index contributed by atoms with van der Waals surface area (Å²) in [6.45, 7) is 3.99.